The molecule has 2 aliphatic carbocycles. The minimum atomic E-state index is -0.515. The van der Waals surface area contributed by atoms with Crippen LogP contribution in [0.25, 0.3) is 5.65 Å². The van der Waals surface area contributed by atoms with Gasteiger partial charge in [0.1, 0.15) is 5.75 Å². The van der Waals surface area contributed by atoms with Crippen LogP contribution in [0.1, 0.15) is 43.8 Å². The quantitative estimate of drug-likeness (QED) is 0.601. The number of carbonyl (C=O) groups excluding carboxylic acids is 1. The molecule has 0 unspecified atom stereocenters. The van der Waals surface area contributed by atoms with E-state index in [0.29, 0.717) is 36.4 Å². The zero-order valence-electron chi connectivity index (χ0n) is 16.6. The molecule has 0 bridgehead atoms. The van der Waals surface area contributed by atoms with E-state index in [1.165, 1.54) is 12.8 Å². The standard InChI is InChI=1S/C22H23N5O3/c28-22-18(30-17-6-8-20(23-11-17)29-13-14-1-2-14)9-10-26(22)16-5-7-19-24-21(15-3-4-15)25-27(19)12-16/h5-8,11-12,14-15,18H,1-4,9-10,13H2/t18-/m1/s1. The van der Waals surface area contributed by atoms with Crippen LogP contribution in [0.4, 0.5) is 5.69 Å². The maximum atomic E-state index is 12.9. The van der Waals surface area contributed by atoms with Crippen molar-refractivity contribution in [3.8, 4) is 11.6 Å². The Balaban J connectivity index is 1.12. The maximum Gasteiger partial charge on any atom is 0.268 e. The van der Waals surface area contributed by atoms with Crippen LogP contribution >= 0.6 is 0 Å². The lowest BCUT2D eigenvalue weighted by atomic mass is 10.3. The topological polar surface area (TPSA) is 81.9 Å². The average Bonchev–Trinajstić information content (AvgIpc) is 3.69. The summed E-state index contributed by atoms with van der Waals surface area (Å²) < 4.78 is 13.3. The van der Waals surface area contributed by atoms with E-state index >= 15 is 0 Å². The van der Waals surface area contributed by atoms with E-state index < -0.39 is 6.10 Å². The molecule has 3 aliphatic rings. The monoisotopic (exact) mass is 405 g/mol. The van der Waals surface area contributed by atoms with Gasteiger partial charge in [-0.05, 0) is 49.8 Å². The number of amides is 1. The Morgan fingerprint density at radius 1 is 1.07 bits per heavy atom. The molecule has 8 nitrogen and oxygen atoms in total. The van der Waals surface area contributed by atoms with Crippen LogP contribution in [0, 0.1) is 5.92 Å². The number of hydrogen-bond acceptors (Lipinski definition) is 6. The first-order chi connectivity index (χ1) is 14.7. The number of carbonyl (C=O) groups is 1. The fourth-order valence-corrected chi connectivity index (χ4v) is 3.76. The highest BCUT2D eigenvalue weighted by Crippen LogP contribution is 2.38. The molecule has 1 saturated heterocycles. The largest absolute Gasteiger partial charge is 0.479 e. The van der Waals surface area contributed by atoms with Gasteiger partial charge >= 0.3 is 0 Å². The third-order valence-electron chi connectivity index (χ3n) is 5.89. The number of rotatable bonds is 7. The molecule has 3 fully saturated rings. The fraction of sp³-hybridized carbons (Fsp3) is 0.455. The third kappa shape index (κ3) is 3.46. The first-order valence-electron chi connectivity index (χ1n) is 10.7. The number of aromatic nitrogens is 4. The second kappa shape index (κ2) is 6.97. The van der Waals surface area contributed by atoms with Gasteiger partial charge < -0.3 is 14.4 Å². The zero-order chi connectivity index (χ0) is 20.1. The van der Waals surface area contributed by atoms with Crippen molar-refractivity contribution in [3.05, 3.63) is 42.5 Å². The molecule has 4 heterocycles. The zero-order valence-corrected chi connectivity index (χ0v) is 16.6. The van der Waals surface area contributed by atoms with Gasteiger partial charge in [-0.3, -0.25) is 4.79 Å². The van der Waals surface area contributed by atoms with Crippen LogP contribution in [0.15, 0.2) is 36.7 Å². The average molecular weight is 405 g/mol. The summed E-state index contributed by atoms with van der Waals surface area (Å²) >= 11 is 0. The van der Waals surface area contributed by atoms with Gasteiger partial charge in [-0.15, -0.1) is 0 Å². The molecule has 1 amide bonds. The lowest BCUT2D eigenvalue weighted by Gasteiger charge is -2.17. The summed E-state index contributed by atoms with van der Waals surface area (Å²) in [6, 6.07) is 7.45. The molecule has 2 saturated carbocycles. The van der Waals surface area contributed by atoms with Crippen LogP contribution in [0.3, 0.4) is 0 Å². The Kier molecular flexibility index (Phi) is 4.11. The Labute approximate surface area is 173 Å². The van der Waals surface area contributed by atoms with E-state index in [0.717, 1.165) is 36.6 Å². The molecular weight excluding hydrogens is 382 g/mol. The predicted octanol–water partition coefficient (Wildman–Crippen LogP) is 2.97. The highest BCUT2D eigenvalue weighted by atomic mass is 16.5. The van der Waals surface area contributed by atoms with Crippen molar-refractivity contribution in [2.75, 3.05) is 18.1 Å². The van der Waals surface area contributed by atoms with Crippen molar-refractivity contribution in [2.24, 2.45) is 5.92 Å². The first kappa shape index (κ1) is 17.7. The van der Waals surface area contributed by atoms with Gasteiger partial charge in [0.25, 0.3) is 5.91 Å². The molecule has 1 aliphatic heterocycles. The SMILES string of the molecule is O=C1[C@H](Oc2ccc(OCC3CC3)nc2)CCN1c1ccc2nc(C3CC3)nn2c1. The Hall–Kier alpha value is -3.16. The van der Waals surface area contributed by atoms with Crippen molar-refractivity contribution >= 4 is 17.2 Å². The summed E-state index contributed by atoms with van der Waals surface area (Å²) in [5.41, 5.74) is 1.63. The molecule has 154 valence electrons. The number of hydrogen-bond donors (Lipinski definition) is 0. The Morgan fingerprint density at radius 2 is 1.97 bits per heavy atom. The van der Waals surface area contributed by atoms with E-state index in [1.807, 2.05) is 24.4 Å². The lowest BCUT2D eigenvalue weighted by Crippen LogP contribution is -2.32. The van der Waals surface area contributed by atoms with Crippen molar-refractivity contribution in [2.45, 2.75) is 44.1 Å². The molecule has 30 heavy (non-hydrogen) atoms. The van der Waals surface area contributed by atoms with Crippen LogP contribution in [-0.4, -0.2) is 44.7 Å². The van der Waals surface area contributed by atoms with E-state index in [-0.39, 0.29) is 5.91 Å². The summed E-state index contributed by atoms with van der Waals surface area (Å²) in [5.74, 6) is 3.21. The maximum absolute atomic E-state index is 12.9. The molecule has 8 heteroatoms. The first-order valence-corrected chi connectivity index (χ1v) is 10.7. The van der Waals surface area contributed by atoms with E-state index in [2.05, 4.69) is 15.1 Å². The van der Waals surface area contributed by atoms with Gasteiger partial charge in [0, 0.05) is 24.9 Å². The molecule has 0 radical (unpaired) electrons. The van der Waals surface area contributed by atoms with Crippen molar-refractivity contribution in [1.82, 2.24) is 19.6 Å². The van der Waals surface area contributed by atoms with Gasteiger partial charge in [-0.25, -0.2) is 14.5 Å². The molecule has 0 spiro atoms. The van der Waals surface area contributed by atoms with E-state index in [4.69, 9.17) is 9.47 Å². The number of fused-ring (bicyclic) bond motifs is 1. The summed E-state index contributed by atoms with van der Waals surface area (Å²) in [5, 5.41) is 4.57. The predicted molar refractivity (Wildman–Crippen MR) is 109 cm³/mol. The van der Waals surface area contributed by atoms with Gasteiger partial charge in [-0.2, -0.15) is 5.10 Å². The summed E-state index contributed by atoms with van der Waals surface area (Å²) in [7, 11) is 0. The molecule has 0 N–H and O–H groups in total. The Bertz CT molecular complexity index is 1090. The number of nitrogens with zero attached hydrogens (tertiary/aromatic N) is 5. The molecule has 6 rings (SSSR count). The minimum absolute atomic E-state index is 0.0501. The third-order valence-corrected chi connectivity index (χ3v) is 5.89. The highest BCUT2D eigenvalue weighted by Gasteiger charge is 2.35. The molecule has 0 aromatic carbocycles. The summed E-state index contributed by atoms with van der Waals surface area (Å²) in [6.07, 6.45) is 8.42. The number of ether oxygens (including phenoxy) is 2. The van der Waals surface area contributed by atoms with Crippen molar-refractivity contribution < 1.29 is 14.3 Å². The smallest absolute Gasteiger partial charge is 0.268 e. The van der Waals surface area contributed by atoms with Crippen LogP contribution in [0.2, 0.25) is 0 Å². The van der Waals surface area contributed by atoms with E-state index in [1.54, 1.807) is 21.7 Å². The number of pyridine rings is 2. The van der Waals surface area contributed by atoms with Gasteiger partial charge in [-0.1, -0.05) is 0 Å². The van der Waals surface area contributed by atoms with Crippen LogP contribution < -0.4 is 14.4 Å². The van der Waals surface area contributed by atoms with Crippen molar-refractivity contribution in [3.63, 3.8) is 0 Å². The van der Waals surface area contributed by atoms with Crippen LogP contribution in [-0.2, 0) is 4.79 Å². The van der Waals surface area contributed by atoms with Gasteiger partial charge in [0.2, 0.25) is 5.88 Å². The van der Waals surface area contributed by atoms with E-state index in [9.17, 15) is 4.79 Å². The second-order valence-electron chi connectivity index (χ2n) is 8.41. The fourth-order valence-electron chi connectivity index (χ4n) is 3.76. The molecule has 3 aromatic heterocycles. The minimum Gasteiger partial charge on any atom is -0.479 e. The lowest BCUT2D eigenvalue weighted by molar-refractivity contribution is -0.122. The second-order valence-corrected chi connectivity index (χ2v) is 8.41. The normalized spacial score (nSPS) is 21.4. The highest BCUT2D eigenvalue weighted by molar-refractivity contribution is 5.99. The number of anilines is 1. The molecule has 3 aromatic rings. The van der Waals surface area contributed by atoms with Gasteiger partial charge in [0.05, 0.1) is 24.7 Å². The van der Waals surface area contributed by atoms with Gasteiger partial charge in [0.15, 0.2) is 17.6 Å². The molecular formula is C22H23N5O3. The summed E-state index contributed by atoms with van der Waals surface area (Å²) in [6.45, 7) is 1.33. The van der Waals surface area contributed by atoms with Crippen LogP contribution in [0.5, 0.6) is 11.6 Å². The van der Waals surface area contributed by atoms with Crippen molar-refractivity contribution in [1.29, 1.82) is 0 Å². The summed E-state index contributed by atoms with van der Waals surface area (Å²) in [4.78, 5) is 23.5. The molecule has 1 atom stereocenters. The Morgan fingerprint density at radius 3 is 2.73 bits per heavy atom.